The standard InChI is InChI=1S/C12H10BrN3S2/c13-11-6-16(2-4-18-11)12-5-10(14-8-15-12)9-1-3-17-7-9/h1,3,5-8H,2,4H2. The van der Waals surface area contributed by atoms with Gasteiger partial charge < -0.3 is 4.90 Å². The molecule has 3 rings (SSSR count). The number of anilines is 1. The van der Waals surface area contributed by atoms with Crippen molar-refractivity contribution in [1.29, 1.82) is 0 Å². The van der Waals surface area contributed by atoms with E-state index in [-0.39, 0.29) is 0 Å². The van der Waals surface area contributed by atoms with Gasteiger partial charge in [-0.05, 0) is 27.4 Å². The molecule has 92 valence electrons. The molecule has 0 spiro atoms. The Morgan fingerprint density at radius 3 is 3.06 bits per heavy atom. The maximum absolute atomic E-state index is 4.35. The second kappa shape index (κ2) is 5.42. The van der Waals surface area contributed by atoms with Crippen molar-refractivity contribution in [3.63, 3.8) is 0 Å². The lowest BCUT2D eigenvalue weighted by atomic mass is 10.2. The fourth-order valence-corrected chi connectivity index (χ4v) is 3.79. The van der Waals surface area contributed by atoms with Gasteiger partial charge in [0.1, 0.15) is 12.1 Å². The number of thioether (sulfide) groups is 1. The molecular weight excluding hydrogens is 330 g/mol. The van der Waals surface area contributed by atoms with E-state index in [1.807, 2.05) is 17.8 Å². The number of rotatable bonds is 2. The summed E-state index contributed by atoms with van der Waals surface area (Å²) >= 11 is 7.02. The van der Waals surface area contributed by atoms with Gasteiger partial charge in [0, 0.05) is 35.5 Å². The molecule has 0 atom stereocenters. The lowest BCUT2D eigenvalue weighted by Gasteiger charge is -2.23. The van der Waals surface area contributed by atoms with Crippen molar-refractivity contribution in [2.24, 2.45) is 0 Å². The molecule has 0 bridgehead atoms. The summed E-state index contributed by atoms with van der Waals surface area (Å²) in [5, 5.41) is 4.16. The van der Waals surface area contributed by atoms with Crippen LogP contribution in [0.25, 0.3) is 11.3 Å². The molecule has 18 heavy (non-hydrogen) atoms. The van der Waals surface area contributed by atoms with Crippen molar-refractivity contribution in [2.45, 2.75) is 0 Å². The van der Waals surface area contributed by atoms with Crippen molar-refractivity contribution in [3.8, 4) is 11.3 Å². The van der Waals surface area contributed by atoms with Crippen LogP contribution in [0.1, 0.15) is 0 Å². The maximum atomic E-state index is 4.35. The fourth-order valence-electron chi connectivity index (χ4n) is 1.72. The Kier molecular flexibility index (Phi) is 3.67. The maximum Gasteiger partial charge on any atom is 0.136 e. The van der Waals surface area contributed by atoms with Gasteiger partial charge in [-0.1, -0.05) is 0 Å². The van der Waals surface area contributed by atoms with E-state index < -0.39 is 0 Å². The summed E-state index contributed by atoms with van der Waals surface area (Å²) in [4.78, 5) is 10.8. The highest BCUT2D eigenvalue weighted by atomic mass is 79.9. The van der Waals surface area contributed by atoms with E-state index in [9.17, 15) is 0 Å². The predicted octanol–water partition coefficient (Wildman–Crippen LogP) is 3.95. The molecular formula is C12H10BrN3S2. The van der Waals surface area contributed by atoms with E-state index in [1.54, 1.807) is 17.7 Å². The first-order valence-electron chi connectivity index (χ1n) is 5.44. The van der Waals surface area contributed by atoms with Crippen molar-refractivity contribution < 1.29 is 0 Å². The highest BCUT2D eigenvalue weighted by Gasteiger charge is 2.13. The van der Waals surface area contributed by atoms with Crippen molar-refractivity contribution in [1.82, 2.24) is 9.97 Å². The number of halogens is 1. The van der Waals surface area contributed by atoms with E-state index in [0.717, 1.165) is 33.2 Å². The molecule has 0 amide bonds. The minimum absolute atomic E-state index is 0.948. The van der Waals surface area contributed by atoms with Gasteiger partial charge in [-0.3, -0.25) is 0 Å². The van der Waals surface area contributed by atoms with E-state index in [0.29, 0.717) is 0 Å². The molecule has 3 nitrogen and oxygen atoms in total. The second-order valence-electron chi connectivity index (χ2n) is 3.75. The molecule has 3 heterocycles. The van der Waals surface area contributed by atoms with Gasteiger partial charge in [0.05, 0.1) is 9.51 Å². The Bertz CT molecular complexity index is 568. The van der Waals surface area contributed by atoms with Crippen LogP contribution in [-0.4, -0.2) is 22.3 Å². The van der Waals surface area contributed by atoms with E-state index in [1.165, 1.54) is 0 Å². The Hall–Kier alpha value is -0.850. The smallest absolute Gasteiger partial charge is 0.136 e. The van der Waals surface area contributed by atoms with Gasteiger partial charge in [0.2, 0.25) is 0 Å². The van der Waals surface area contributed by atoms with E-state index in [4.69, 9.17) is 0 Å². The Morgan fingerprint density at radius 1 is 1.33 bits per heavy atom. The number of thiophene rings is 1. The number of hydrogen-bond acceptors (Lipinski definition) is 5. The van der Waals surface area contributed by atoms with Crippen LogP contribution in [0, 0.1) is 0 Å². The monoisotopic (exact) mass is 339 g/mol. The van der Waals surface area contributed by atoms with Crippen LogP contribution >= 0.6 is 39.0 Å². The minimum Gasteiger partial charge on any atom is -0.330 e. The first-order valence-corrected chi connectivity index (χ1v) is 8.16. The molecule has 0 saturated heterocycles. The largest absolute Gasteiger partial charge is 0.330 e. The van der Waals surface area contributed by atoms with Gasteiger partial charge in [0.15, 0.2) is 0 Å². The number of aromatic nitrogens is 2. The van der Waals surface area contributed by atoms with E-state index >= 15 is 0 Å². The third kappa shape index (κ3) is 2.60. The molecule has 2 aromatic heterocycles. The summed E-state index contributed by atoms with van der Waals surface area (Å²) in [6.07, 6.45) is 3.71. The summed E-state index contributed by atoms with van der Waals surface area (Å²) in [6.45, 7) is 0.972. The Balaban J connectivity index is 1.94. The summed E-state index contributed by atoms with van der Waals surface area (Å²) in [6, 6.07) is 4.11. The first-order chi connectivity index (χ1) is 8.83. The molecule has 0 radical (unpaired) electrons. The van der Waals surface area contributed by atoms with Gasteiger partial charge >= 0.3 is 0 Å². The number of nitrogens with zero attached hydrogens (tertiary/aromatic N) is 3. The normalized spacial score (nSPS) is 15.6. The Labute approximate surface area is 122 Å². The fraction of sp³-hybridized carbons (Fsp3) is 0.167. The predicted molar refractivity (Wildman–Crippen MR) is 82.2 cm³/mol. The highest BCUT2D eigenvalue weighted by Crippen LogP contribution is 2.30. The first kappa shape index (κ1) is 12.2. The molecule has 0 fully saturated rings. The lowest BCUT2D eigenvalue weighted by Crippen LogP contribution is -2.23. The van der Waals surface area contributed by atoms with Gasteiger partial charge in [-0.15, -0.1) is 11.8 Å². The lowest BCUT2D eigenvalue weighted by molar-refractivity contribution is 0.973. The molecule has 0 N–H and O–H groups in total. The zero-order chi connectivity index (χ0) is 12.4. The molecule has 6 heteroatoms. The summed E-state index contributed by atoms with van der Waals surface area (Å²) in [7, 11) is 0. The van der Waals surface area contributed by atoms with Crippen LogP contribution in [0.5, 0.6) is 0 Å². The number of hydrogen-bond donors (Lipinski definition) is 0. The summed E-state index contributed by atoms with van der Waals surface area (Å²) in [5.74, 6) is 2.01. The molecule has 0 saturated carbocycles. The SMILES string of the molecule is BrC1=CN(c2cc(-c3ccsc3)ncn2)CCS1. The van der Waals surface area contributed by atoms with Crippen LogP contribution in [0.2, 0.25) is 0 Å². The summed E-state index contributed by atoms with van der Waals surface area (Å²) < 4.78 is 1.14. The quantitative estimate of drug-likeness (QED) is 0.828. The average Bonchev–Trinajstić information content (AvgIpc) is 2.93. The molecule has 0 aromatic carbocycles. The third-order valence-corrected chi connectivity index (χ3v) is 4.94. The van der Waals surface area contributed by atoms with Crippen molar-refractivity contribution in [2.75, 3.05) is 17.2 Å². The molecule has 2 aromatic rings. The molecule has 1 aliphatic rings. The molecule has 1 aliphatic heterocycles. The average molecular weight is 340 g/mol. The van der Waals surface area contributed by atoms with Crippen LogP contribution in [0.4, 0.5) is 5.82 Å². The van der Waals surface area contributed by atoms with E-state index in [2.05, 4.69) is 53.8 Å². The molecule has 0 unspecified atom stereocenters. The van der Waals surface area contributed by atoms with Crippen LogP contribution in [-0.2, 0) is 0 Å². The van der Waals surface area contributed by atoms with Gasteiger partial charge in [-0.2, -0.15) is 11.3 Å². The minimum atomic E-state index is 0.948. The van der Waals surface area contributed by atoms with Crippen molar-refractivity contribution >= 4 is 44.8 Å². The zero-order valence-electron chi connectivity index (χ0n) is 9.41. The third-order valence-electron chi connectivity index (χ3n) is 2.59. The Morgan fingerprint density at radius 2 is 2.28 bits per heavy atom. The van der Waals surface area contributed by atoms with Crippen LogP contribution in [0.3, 0.4) is 0 Å². The summed E-state index contributed by atoms with van der Waals surface area (Å²) in [5.41, 5.74) is 2.13. The van der Waals surface area contributed by atoms with Crippen molar-refractivity contribution in [3.05, 3.63) is 39.2 Å². The highest BCUT2D eigenvalue weighted by molar-refractivity contribution is 9.14. The van der Waals surface area contributed by atoms with Crippen LogP contribution in [0.15, 0.2) is 39.2 Å². The van der Waals surface area contributed by atoms with Crippen LogP contribution < -0.4 is 4.90 Å². The molecule has 0 aliphatic carbocycles. The van der Waals surface area contributed by atoms with Gasteiger partial charge in [0.25, 0.3) is 0 Å². The van der Waals surface area contributed by atoms with Gasteiger partial charge in [-0.25, -0.2) is 9.97 Å². The zero-order valence-corrected chi connectivity index (χ0v) is 12.6. The second-order valence-corrected chi connectivity index (χ2v) is 7.04. The topological polar surface area (TPSA) is 29.0 Å².